The van der Waals surface area contributed by atoms with Crippen molar-refractivity contribution in [3.05, 3.63) is 65.7 Å². The second kappa shape index (κ2) is 7.49. The molecule has 1 amide bonds. The average molecular weight is 325 g/mol. The van der Waals surface area contributed by atoms with Crippen molar-refractivity contribution in [3.63, 3.8) is 0 Å². The molecule has 2 atom stereocenters. The van der Waals surface area contributed by atoms with Gasteiger partial charge in [0, 0.05) is 6.54 Å². The molecule has 126 valence electrons. The Morgan fingerprint density at radius 2 is 1.88 bits per heavy atom. The molecule has 0 radical (unpaired) electrons. The number of para-hydroxylation sites is 1. The summed E-state index contributed by atoms with van der Waals surface area (Å²) in [6.45, 7) is 5.20. The maximum Gasteiger partial charge on any atom is 0.260 e. The topological polar surface area (TPSA) is 38.8 Å². The third-order valence-corrected chi connectivity index (χ3v) is 4.45. The molecule has 3 rings (SSSR count). The molecule has 4 nitrogen and oxygen atoms in total. The maximum absolute atomic E-state index is 12.6. The van der Waals surface area contributed by atoms with E-state index in [4.69, 9.17) is 9.47 Å². The number of hydrogen-bond acceptors (Lipinski definition) is 3. The van der Waals surface area contributed by atoms with Crippen LogP contribution >= 0.6 is 0 Å². The monoisotopic (exact) mass is 325 g/mol. The number of amides is 1. The molecule has 1 fully saturated rings. The van der Waals surface area contributed by atoms with Crippen LogP contribution in [0.3, 0.4) is 0 Å². The van der Waals surface area contributed by atoms with Gasteiger partial charge in [-0.3, -0.25) is 4.79 Å². The minimum Gasteiger partial charge on any atom is -0.484 e. The molecule has 0 saturated carbocycles. The van der Waals surface area contributed by atoms with E-state index in [0.29, 0.717) is 13.2 Å². The molecule has 2 aromatic rings. The molecule has 4 heteroatoms. The Balaban J connectivity index is 1.65. The molecule has 0 spiro atoms. The molecule has 0 aromatic heterocycles. The zero-order chi connectivity index (χ0) is 16.9. The molecular formula is C20H23NO3. The molecule has 24 heavy (non-hydrogen) atoms. The number of nitrogens with zero attached hydrogens (tertiary/aromatic N) is 1. The van der Waals surface area contributed by atoms with Gasteiger partial charge in [0.25, 0.3) is 5.91 Å². The van der Waals surface area contributed by atoms with Gasteiger partial charge in [-0.05, 0) is 31.0 Å². The van der Waals surface area contributed by atoms with E-state index in [2.05, 4.69) is 0 Å². The number of rotatable bonds is 4. The fourth-order valence-corrected chi connectivity index (χ4v) is 3.09. The Bertz CT molecular complexity index is 686. The fourth-order valence-electron chi connectivity index (χ4n) is 3.09. The van der Waals surface area contributed by atoms with Crippen molar-refractivity contribution in [2.75, 3.05) is 19.8 Å². The van der Waals surface area contributed by atoms with E-state index in [1.54, 1.807) is 0 Å². The standard InChI is InChI=1S/C20H23NO3/c1-15-8-6-7-11-18(15)24-14-19(22)21-12-13-23-20(16(21)2)17-9-4-3-5-10-17/h3-11,16,20H,12-14H2,1-2H3. The summed E-state index contributed by atoms with van der Waals surface area (Å²) in [4.78, 5) is 14.5. The van der Waals surface area contributed by atoms with E-state index >= 15 is 0 Å². The molecule has 1 saturated heterocycles. The van der Waals surface area contributed by atoms with Crippen molar-refractivity contribution in [1.82, 2.24) is 4.90 Å². The first-order valence-corrected chi connectivity index (χ1v) is 8.31. The smallest absolute Gasteiger partial charge is 0.260 e. The molecule has 0 N–H and O–H groups in total. The summed E-state index contributed by atoms with van der Waals surface area (Å²) in [6.07, 6.45) is -0.0950. The Labute approximate surface area is 143 Å². The quantitative estimate of drug-likeness (QED) is 0.865. The van der Waals surface area contributed by atoms with Gasteiger partial charge in [-0.15, -0.1) is 0 Å². The van der Waals surface area contributed by atoms with Gasteiger partial charge in [-0.2, -0.15) is 0 Å². The van der Waals surface area contributed by atoms with Crippen LogP contribution in [-0.2, 0) is 9.53 Å². The van der Waals surface area contributed by atoms with Crippen LogP contribution in [0.15, 0.2) is 54.6 Å². The van der Waals surface area contributed by atoms with Crippen LogP contribution in [0.25, 0.3) is 0 Å². The van der Waals surface area contributed by atoms with E-state index in [-0.39, 0.29) is 24.7 Å². The van der Waals surface area contributed by atoms with Gasteiger partial charge in [0.05, 0.1) is 12.6 Å². The molecule has 1 aliphatic heterocycles. The second-order valence-corrected chi connectivity index (χ2v) is 6.08. The number of benzene rings is 2. The molecule has 1 aliphatic rings. The summed E-state index contributed by atoms with van der Waals surface area (Å²) in [5.41, 5.74) is 2.13. The van der Waals surface area contributed by atoms with E-state index < -0.39 is 0 Å². The Morgan fingerprint density at radius 1 is 1.17 bits per heavy atom. The van der Waals surface area contributed by atoms with Crippen molar-refractivity contribution in [3.8, 4) is 5.75 Å². The summed E-state index contributed by atoms with van der Waals surface area (Å²) >= 11 is 0. The molecule has 2 aromatic carbocycles. The van der Waals surface area contributed by atoms with Gasteiger partial charge in [-0.1, -0.05) is 48.5 Å². The first-order valence-electron chi connectivity index (χ1n) is 8.31. The van der Waals surface area contributed by atoms with Gasteiger partial charge >= 0.3 is 0 Å². The zero-order valence-corrected chi connectivity index (χ0v) is 14.1. The van der Waals surface area contributed by atoms with Crippen molar-refractivity contribution in [1.29, 1.82) is 0 Å². The number of carbonyl (C=O) groups excluding carboxylic acids is 1. The Morgan fingerprint density at radius 3 is 2.62 bits per heavy atom. The highest BCUT2D eigenvalue weighted by Gasteiger charge is 2.32. The number of carbonyl (C=O) groups is 1. The average Bonchev–Trinajstić information content (AvgIpc) is 2.62. The van der Waals surface area contributed by atoms with Gasteiger partial charge < -0.3 is 14.4 Å². The molecule has 0 bridgehead atoms. The number of hydrogen-bond donors (Lipinski definition) is 0. The summed E-state index contributed by atoms with van der Waals surface area (Å²) in [6, 6.07) is 17.8. The number of ether oxygens (including phenoxy) is 2. The SMILES string of the molecule is Cc1ccccc1OCC(=O)N1CCOC(c2ccccc2)C1C. The number of morpholine rings is 1. The predicted octanol–water partition coefficient (Wildman–Crippen LogP) is 3.36. The lowest BCUT2D eigenvalue weighted by Gasteiger charge is -2.39. The normalized spacial score (nSPS) is 20.7. The second-order valence-electron chi connectivity index (χ2n) is 6.08. The van der Waals surface area contributed by atoms with Crippen molar-refractivity contribution in [2.45, 2.75) is 26.0 Å². The number of aryl methyl sites for hydroxylation is 1. The summed E-state index contributed by atoms with van der Waals surface area (Å²) < 4.78 is 11.6. The first-order chi connectivity index (χ1) is 11.7. The van der Waals surface area contributed by atoms with Crippen LogP contribution < -0.4 is 4.74 Å². The van der Waals surface area contributed by atoms with Gasteiger partial charge in [0.15, 0.2) is 6.61 Å². The molecular weight excluding hydrogens is 302 g/mol. The third-order valence-electron chi connectivity index (χ3n) is 4.45. The van der Waals surface area contributed by atoms with E-state index in [1.165, 1.54) is 0 Å². The van der Waals surface area contributed by atoms with Crippen molar-refractivity contribution < 1.29 is 14.3 Å². The molecule has 2 unspecified atom stereocenters. The molecule has 0 aliphatic carbocycles. The lowest BCUT2D eigenvalue weighted by molar-refractivity contribution is -0.147. The van der Waals surface area contributed by atoms with E-state index in [9.17, 15) is 4.79 Å². The van der Waals surface area contributed by atoms with Crippen LogP contribution in [-0.4, -0.2) is 36.6 Å². The maximum atomic E-state index is 12.6. The Kier molecular flexibility index (Phi) is 5.16. The fraction of sp³-hybridized carbons (Fsp3) is 0.350. The largest absolute Gasteiger partial charge is 0.484 e. The van der Waals surface area contributed by atoms with Crippen LogP contribution in [0.4, 0.5) is 0 Å². The highest BCUT2D eigenvalue weighted by molar-refractivity contribution is 5.78. The zero-order valence-electron chi connectivity index (χ0n) is 14.1. The lowest BCUT2D eigenvalue weighted by Crippen LogP contribution is -2.50. The van der Waals surface area contributed by atoms with E-state index in [1.807, 2.05) is 73.3 Å². The van der Waals surface area contributed by atoms with Crippen molar-refractivity contribution >= 4 is 5.91 Å². The van der Waals surface area contributed by atoms with E-state index in [0.717, 1.165) is 16.9 Å². The minimum atomic E-state index is -0.0950. The van der Waals surface area contributed by atoms with Crippen LogP contribution in [0.5, 0.6) is 5.75 Å². The first kappa shape index (κ1) is 16.5. The highest BCUT2D eigenvalue weighted by Crippen LogP contribution is 2.28. The molecule has 1 heterocycles. The van der Waals surface area contributed by atoms with Gasteiger partial charge in [0.2, 0.25) is 0 Å². The lowest BCUT2D eigenvalue weighted by atomic mass is 10.0. The van der Waals surface area contributed by atoms with Crippen molar-refractivity contribution in [2.24, 2.45) is 0 Å². The van der Waals surface area contributed by atoms with Gasteiger partial charge in [-0.25, -0.2) is 0 Å². The van der Waals surface area contributed by atoms with Crippen LogP contribution in [0.2, 0.25) is 0 Å². The van der Waals surface area contributed by atoms with Crippen LogP contribution in [0.1, 0.15) is 24.2 Å². The van der Waals surface area contributed by atoms with Crippen LogP contribution in [0, 0.1) is 6.92 Å². The summed E-state index contributed by atoms with van der Waals surface area (Å²) in [5.74, 6) is 0.751. The van der Waals surface area contributed by atoms with Gasteiger partial charge in [0.1, 0.15) is 11.9 Å². The minimum absolute atomic E-state index is 0.00464. The highest BCUT2D eigenvalue weighted by atomic mass is 16.5. The summed E-state index contributed by atoms with van der Waals surface area (Å²) in [5, 5.41) is 0. The Hall–Kier alpha value is -2.33. The third kappa shape index (κ3) is 3.60. The summed E-state index contributed by atoms with van der Waals surface area (Å²) in [7, 11) is 0. The predicted molar refractivity (Wildman–Crippen MR) is 93.0 cm³/mol.